The summed E-state index contributed by atoms with van der Waals surface area (Å²) in [6.07, 6.45) is -62.4. The number of rotatable bonds is 32. The van der Waals surface area contributed by atoms with E-state index >= 15 is 0 Å². The van der Waals surface area contributed by atoms with Crippen LogP contribution in [0.1, 0.15) is 27.2 Å². The highest BCUT2D eigenvalue weighted by molar-refractivity contribution is 7.81. The van der Waals surface area contributed by atoms with E-state index in [1.165, 1.54) is 0 Å². The molecule has 5 rings (SSSR count). The van der Waals surface area contributed by atoms with E-state index in [1.54, 1.807) is 0 Å². The monoisotopic (exact) mass is 1440 g/mol. The van der Waals surface area contributed by atoms with Crippen LogP contribution in [-0.4, -0.2) is 379 Å². The lowest BCUT2D eigenvalue weighted by Gasteiger charge is -2.50. The Morgan fingerprint density at radius 3 is 1.34 bits per heavy atom. The number of carboxylic acids is 1. The van der Waals surface area contributed by atoms with E-state index in [-0.39, 0.29) is 0 Å². The number of ether oxygens (including phenoxy) is 10. The first kappa shape index (κ1) is 81.1. The number of carbonyl (C=O) groups is 4. The molecular weight excluding hydrogens is 1370 g/mol. The molecule has 46 nitrogen and oxygen atoms in total. The Morgan fingerprint density at radius 1 is 0.489 bits per heavy atom. The summed E-state index contributed by atoms with van der Waals surface area (Å²) in [5.41, 5.74) is 0. The molecule has 49 heteroatoms. The van der Waals surface area contributed by atoms with Gasteiger partial charge in [-0.05, 0) is 0 Å². The van der Waals surface area contributed by atoms with Gasteiger partial charge in [0.25, 0.3) is 5.79 Å². The van der Waals surface area contributed by atoms with Gasteiger partial charge >= 0.3 is 37.2 Å². The van der Waals surface area contributed by atoms with E-state index in [4.69, 9.17) is 47.4 Å². The predicted octanol–water partition coefficient (Wildman–Crippen LogP) is -15.3. The van der Waals surface area contributed by atoms with Gasteiger partial charge in [-0.25, -0.2) is 17.3 Å². The number of carbonyl (C=O) groups excluding carboxylic acids is 3. The summed E-state index contributed by atoms with van der Waals surface area (Å²) in [7, 11) is -16.7. The van der Waals surface area contributed by atoms with Crippen LogP contribution in [0.4, 0.5) is 0 Å². The van der Waals surface area contributed by atoms with Crippen LogP contribution in [0, 0.1) is 0 Å². The number of amides is 3. The Labute approximate surface area is 531 Å². The molecule has 5 aliphatic heterocycles. The van der Waals surface area contributed by atoms with Crippen molar-refractivity contribution in [2.45, 2.75) is 211 Å². The van der Waals surface area contributed by atoms with Crippen molar-refractivity contribution in [2.75, 3.05) is 46.2 Å². The first-order valence-electron chi connectivity index (χ1n) is 27.6. The number of aliphatic carboxylic acids is 1. The lowest BCUT2D eigenvalue weighted by atomic mass is 9.88. The summed E-state index contributed by atoms with van der Waals surface area (Å²) in [6.45, 7) is -6.95. The third-order valence-corrected chi connectivity index (χ3v) is 16.2. The fraction of sp³-hybridized carbons (Fsp3) is 0.911. The summed E-state index contributed by atoms with van der Waals surface area (Å²) in [5, 5.41) is 190. The molecule has 23 N–H and O–H groups in total. The van der Waals surface area contributed by atoms with E-state index in [9.17, 15) is 145 Å². The number of hydrogen-bond acceptors (Lipinski definition) is 39. The summed E-state index contributed by atoms with van der Waals surface area (Å²) in [4.78, 5) is 50.4. The van der Waals surface area contributed by atoms with E-state index in [0.29, 0.717) is 0 Å². The third-order valence-electron chi connectivity index (χ3n) is 14.9. The molecule has 0 aliphatic carbocycles. The van der Waals surface area contributed by atoms with E-state index < -0.39 is 291 Å². The molecule has 0 spiro atoms. The van der Waals surface area contributed by atoms with Gasteiger partial charge in [-0.1, -0.05) is 0 Å². The standard InChI is InChI=1S/C45H77N3O43S3/c1-12(52)46-23-15(55)4-45(44(68)69,91-38(23)27(60)17(57)6-50)79-8-19-28(61)32(65)33(66)42(83-19)88-36-21(10-81-93(73,74)75)86-41(25(31(36)64)48-14(3)54)90-39-29(62)20(9-80-92(70,71)72)84-43(34(39)67)89-37-22(11-82-94(76,77)78)85-40(24(30(37)63)47-13(2)53)87-35(18(58)7-51)26(59)16(56)5-49/h15-43,49-51,55-67H,4-11H2,1-3H3,(H,46,52)(H,47,53)(H,48,54)(H,68,69)(H,70,71,72)(H,73,74,75)(H,76,77,78)/t15-,16+,17+,18-,19+,20+,21+,22+,23+,24+,25+,26-,27+,28-,29-,30+,31+,32-,33+,34+,35+,36+,37+,38+,39-,40-,41-,42-,43-,45+/m0/s1. The van der Waals surface area contributed by atoms with Gasteiger partial charge in [0, 0.05) is 27.2 Å². The summed E-state index contributed by atoms with van der Waals surface area (Å²) in [6, 6.07) is -6.05. The summed E-state index contributed by atoms with van der Waals surface area (Å²) in [5.74, 6) is -8.30. The minimum absolute atomic E-state index is 0.782. The van der Waals surface area contributed by atoms with Crippen LogP contribution < -0.4 is 16.0 Å². The number of aliphatic hydroxyl groups excluding tert-OH is 16. The fourth-order valence-corrected chi connectivity index (χ4v) is 11.3. The Kier molecular flexibility index (Phi) is 29.4. The molecule has 5 saturated heterocycles. The van der Waals surface area contributed by atoms with E-state index in [2.05, 4.69) is 28.5 Å². The first-order chi connectivity index (χ1) is 43.5. The predicted molar refractivity (Wildman–Crippen MR) is 285 cm³/mol. The minimum atomic E-state index is -5.59. The highest BCUT2D eigenvalue weighted by atomic mass is 32.3. The molecule has 5 fully saturated rings. The summed E-state index contributed by atoms with van der Waals surface area (Å²) < 4.78 is 170. The molecule has 548 valence electrons. The number of hydrogen-bond donors (Lipinski definition) is 23. The molecule has 0 unspecified atom stereocenters. The van der Waals surface area contributed by atoms with Gasteiger partial charge in [0.05, 0.1) is 58.4 Å². The van der Waals surface area contributed by atoms with Crippen molar-refractivity contribution >= 4 is 54.9 Å². The maximum Gasteiger partial charge on any atom is 0.397 e. The van der Waals surface area contributed by atoms with Gasteiger partial charge in [-0.15, -0.1) is 0 Å². The van der Waals surface area contributed by atoms with Gasteiger partial charge in [0.1, 0.15) is 140 Å². The second-order valence-electron chi connectivity index (χ2n) is 21.8. The van der Waals surface area contributed by atoms with Crippen LogP contribution in [0.15, 0.2) is 0 Å². The van der Waals surface area contributed by atoms with Crippen molar-refractivity contribution < 1.29 is 205 Å². The van der Waals surface area contributed by atoms with Crippen LogP contribution in [0.2, 0.25) is 0 Å². The highest BCUT2D eigenvalue weighted by Crippen LogP contribution is 2.38. The molecule has 0 aromatic rings. The lowest BCUT2D eigenvalue weighted by molar-refractivity contribution is -0.380. The number of nitrogens with one attached hydrogen (secondary N) is 3. The van der Waals surface area contributed by atoms with Crippen molar-refractivity contribution in [1.82, 2.24) is 16.0 Å². The molecule has 0 aromatic heterocycles. The SMILES string of the molecule is CC(=O)N[C@H]1[C@H](O[C@H]2[C@@H](O)[C@@H](COS(=O)(=O)O)O[C@@H](O[C@H]3[C@H](O)[C@@H](NC(C)=O)[C@H](O[C@@H]([C@@H](O)[C@H](O)CO)[C@@H](O)CO)O[C@@H]3COS(=O)(=O)O)[C@@H]2O)O[C@H](COS(=O)(=O)O)[C@@H](O[C@@H]2O[C@H](CO[C@]3(C(=O)O)C[C@H](O)[C@@H](NC(C)=O)[C@H]([C@H](O)[C@H](O)CO)O3)[C@H](O)[C@H](O)[C@H]2O)[C@@H]1O. The molecule has 30 atom stereocenters. The number of aliphatic hydroxyl groups is 16. The molecular formula is C45H77N3O43S3. The average molecular weight is 1440 g/mol. The highest BCUT2D eigenvalue weighted by Gasteiger charge is 2.60. The maximum atomic E-state index is 12.9. The summed E-state index contributed by atoms with van der Waals surface area (Å²) >= 11 is 0. The van der Waals surface area contributed by atoms with Gasteiger partial charge in [-0.2, -0.15) is 25.3 Å². The van der Waals surface area contributed by atoms with E-state index in [1.807, 2.05) is 0 Å². The lowest BCUT2D eigenvalue weighted by Crippen LogP contribution is -2.70. The Balaban J connectivity index is 1.52. The Hall–Kier alpha value is -3.55. The molecule has 3 amide bonds. The second kappa shape index (κ2) is 34.0. The molecule has 0 saturated carbocycles. The van der Waals surface area contributed by atoms with Crippen molar-refractivity contribution in [3.8, 4) is 0 Å². The van der Waals surface area contributed by atoms with E-state index in [0.717, 1.165) is 20.8 Å². The molecule has 0 radical (unpaired) electrons. The zero-order valence-electron chi connectivity index (χ0n) is 49.0. The van der Waals surface area contributed by atoms with Crippen molar-refractivity contribution in [2.24, 2.45) is 0 Å². The van der Waals surface area contributed by atoms with Gasteiger partial charge in [0.15, 0.2) is 25.2 Å². The van der Waals surface area contributed by atoms with Crippen molar-refractivity contribution in [3.63, 3.8) is 0 Å². The smallest absolute Gasteiger partial charge is 0.397 e. The van der Waals surface area contributed by atoms with Crippen LogP contribution in [-0.2, 0) is 110 Å². The van der Waals surface area contributed by atoms with Gasteiger partial charge < -0.3 is 150 Å². The molecule has 0 aromatic carbocycles. The quantitative estimate of drug-likeness (QED) is 0.0278. The maximum absolute atomic E-state index is 12.9. The van der Waals surface area contributed by atoms with Crippen LogP contribution in [0.25, 0.3) is 0 Å². The largest absolute Gasteiger partial charge is 0.477 e. The third kappa shape index (κ3) is 21.2. The normalized spacial score (nSPS) is 38.9. The minimum Gasteiger partial charge on any atom is -0.477 e. The second-order valence-corrected chi connectivity index (χ2v) is 25.1. The van der Waals surface area contributed by atoms with Crippen LogP contribution in [0.5, 0.6) is 0 Å². The number of carboxylic acid groups (broad SMARTS) is 1. The zero-order valence-corrected chi connectivity index (χ0v) is 51.4. The van der Waals surface area contributed by atoms with Crippen molar-refractivity contribution in [3.05, 3.63) is 0 Å². The Bertz CT molecular complexity index is 2840. The van der Waals surface area contributed by atoms with Crippen molar-refractivity contribution in [1.29, 1.82) is 0 Å². The Morgan fingerprint density at radius 2 is 0.894 bits per heavy atom. The first-order valence-corrected chi connectivity index (χ1v) is 31.7. The molecule has 5 heterocycles. The molecule has 94 heavy (non-hydrogen) atoms. The molecule has 5 aliphatic rings. The molecule has 0 bridgehead atoms. The van der Waals surface area contributed by atoms with Gasteiger partial charge in [-0.3, -0.25) is 28.0 Å². The fourth-order valence-electron chi connectivity index (χ4n) is 10.3. The van der Waals surface area contributed by atoms with Crippen LogP contribution in [0.3, 0.4) is 0 Å². The zero-order chi connectivity index (χ0) is 71.0. The van der Waals surface area contributed by atoms with Crippen LogP contribution >= 0.6 is 0 Å². The topological polar surface area (TPSA) is 731 Å². The average Bonchev–Trinajstić information content (AvgIpc) is 0.781. The van der Waals surface area contributed by atoms with Gasteiger partial charge in [0.2, 0.25) is 17.7 Å².